The van der Waals surface area contributed by atoms with E-state index in [1.54, 1.807) is 6.20 Å². The van der Waals surface area contributed by atoms with Crippen LogP contribution in [0.4, 0.5) is 0 Å². The Kier molecular flexibility index (Phi) is 5.36. The monoisotopic (exact) mass is 424 g/mol. The van der Waals surface area contributed by atoms with Crippen LogP contribution in [-0.4, -0.2) is 57.2 Å². The van der Waals surface area contributed by atoms with Crippen LogP contribution in [0.2, 0.25) is 0 Å². The van der Waals surface area contributed by atoms with Gasteiger partial charge in [0.05, 0.1) is 16.3 Å². The predicted molar refractivity (Wildman–Crippen MR) is 117 cm³/mol. The number of rotatable bonds is 4. The first-order valence-corrected chi connectivity index (χ1v) is 10.1. The first kappa shape index (κ1) is 20.8. The smallest absolute Gasteiger partial charge is 0.337 e. The molecule has 0 saturated heterocycles. The number of aromatic hydroxyl groups is 1. The maximum atomic E-state index is 12.5. The van der Waals surface area contributed by atoms with Crippen molar-refractivity contribution in [2.45, 2.75) is 37.8 Å². The summed E-state index contributed by atoms with van der Waals surface area (Å²) in [7, 11) is 4.15. The third-order valence-corrected chi connectivity index (χ3v) is 6.02. The fourth-order valence-electron chi connectivity index (χ4n) is 4.21. The molecule has 1 aromatic heterocycles. The molecule has 0 bridgehead atoms. The largest absolute Gasteiger partial charge is 0.507 e. The molecule has 2 aromatic carbocycles. The van der Waals surface area contributed by atoms with Crippen LogP contribution >= 0.6 is 0 Å². The Hall–Kier alpha value is -3.46. The third-order valence-electron chi connectivity index (χ3n) is 6.02. The quantitative estimate of drug-likeness (QED) is 0.451. The first-order chi connectivity index (χ1) is 14.8. The fourth-order valence-corrected chi connectivity index (χ4v) is 4.21. The number of phenolic OH excluding ortho intramolecular Hbond substituents is 1. The third kappa shape index (κ3) is 3.84. The van der Waals surface area contributed by atoms with E-state index in [0.29, 0.717) is 6.04 Å². The van der Waals surface area contributed by atoms with Crippen LogP contribution in [0.15, 0.2) is 27.8 Å². The van der Waals surface area contributed by atoms with Crippen molar-refractivity contribution in [2.24, 2.45) is 0 Å². The molecule has 3 aromatic rings. The number of fused-ring (bicyclic) bond motifs is 2. The number of aromatic nitrogens is 2. The summed E-state index contributed by atoms with van der Waals surface area (Å²) in [6.07, 6.45) is 5.66. The maximum absolute atomic E-state index is 12.5. The van der Waals surface area contributed by atoms with Gasteiger partial charge in [-0.2, -0.15) is 0 Å². The molecule has 9 nitrogen and oxygen atoms in total. The summed E-state index contributed by atoms with van der Waals surface area (Å²) in [5.74, 6) is -1.50. The number of carboxylic acids is 1. The lowest BCUT2D eigenvalue weighted by molar-refractivity contribution is 0.0699. The minimum atomic E-state index is -1.24. The van der Waals surface area contributed by atoms with E-state index < -0.39 is 16.8 Å². The molecule has 4 N–H and O–H groups in total. The van der Waals surface area contributed by atoms with Crippen LogP contribution in [0.3, 0.4) is 0 Å². The van der Waals surface area contributed by atoms with Gasteiger partial charge < -0.3 is 25.4 Å². The van der Waals surface area contributed by atoms with Crippen LogP contribution in [0.1, 0.15) is 36.0 Å². The zero-order chi connectivity index (χ0) is 22.3. The van der Waals surface area contributed by atoms with Crippen LogP contribution in [0.5, 0.6) is 5.75 Å². The van der Waals surface area contributed by atoms with Crippen LogP contribution < -0.4 is 21.4 Å². The molecule has 31 heavy (non-hydrogen) atoms. The molecule has 1 heterocycles. The molecule has 0 aliphatic heterocycles. The molecule has 0 radical (unpaired) electrons. The van der Waals surface area contributed by atoms with Gasteiger partial charge in [-0.1, -0.05) is 0 Å². The number of phenols is 1. The standard InChI is InChI=1S/C22H24N4O5/c1-26(2)12-5-3-11(4-6-12)23-10-14-16(28)9-17(29)21-19(14)25-20-15(27)8-7-13(22(30)31)18(20)24-21/h7-12,23-24,28H,3-6H2,1-2H3,(H,30,31)/b14-10-. The van der Waals surface area contributed by atoms with Crippen molar-refractivity contribution in [3.8, 4) is 5.75 Å². The summed E-state index contributed by atoms with van der Waals surface area (Å²) < 4.78 is 0. The molecule has 1 aliphatic rings. The number of nitrogens with one attached hydrogen (secondary N) is 2. The van der Waals surface area contributed by atoms with Gasteiger partial charge in [0, 0.05) is 24.4 Å². The fraction of sp³-hybridized carbons (Fsp3) is 0.364. The molecule has 4 rings (SSSR count). The number of benzene rings is 2. The number of H-pyrrole nitrogens is 1. The zero-order valence-electron chi connectivity index (χ0n) is 17.3. The van der Waals surface area contributed by atoms with E-state index in [0.717, 1.165) is 37.8 Å². The number of aromatic amines is 1. The van der Waals surface area contributed by atoms with Crippen molar-refractivity contribution < 1.29 is 15.0 Å². The topological polar surface area (TPSA) is 136 Å². The Morgan fingerprint density at radius 1 is 1.13 bits per heavy atom. The Morgan fingerprint density at radius 3 is 2.48 bits per heavy atom. The van der Waals surface area contributed by atoms with Gasteiger partial charge >= 0.3 is 5.97 Å². The first-order valence-electron chi connectivity index (χ1n) is 10.1. The number of nitrogens with zero attached hydrogens (tertiary/aromatic N) is 2. The van der Waals surface area contributed by atoms with E-state index in [1.165, 1.54) is 6.07 Å². The molecule has 0 atom stereocenters. The molecule has 1 fully saturated rings. The lowest BCUT2D eigenvalue weighted by Gasteiger charge is -2.32. The average Bonchev–Trinajstić information content (AvgIpc) is 2.73. The van der Waals surface area contributed by atoms with E-state index in [-0.39, 0.29) is 44.6 Å². The van der Waals surface area contributed by atoms with Gasteiger partial charge in [-0.25, -0.2) is 9.78 Å². The lowest BCUT2D eigenvalue weighted by atomic mass is 9.90. The van der Waals surface area contributed by atoms with Crippen LogP contribution in [-0.2, 0) is 0 Å². The summed E-state index contributed by atoms with van der Waals surface area (Å²) in [5, 5.41) is 23.4. The van der Waals surface area contributed by atoms with Gasteiger partial charge in [-0.3, -0.25) is 9.59 Å². The number of hydrogen-bond acceptors (Lipinski definition) is 7. The van der Waals surface area contributed by atoms with Crippen molar-refractivity contribution in [1.29, 1.82) is 0 Å². The maximum Gasteiger partial charge on any atom is 0.337 e. The van der Waals surface area contributed by atoms with Crippen molar-refractivity contribution in [3.05, 3.63) is 49.4 Å². The van der Waals surface area contributed by atoms with Crippen molar-refractivity contribution in [2.75, 3.05) is 14.1 Å². The highest BCUT2D eigenvalue weighted by molar-refractivity contribution is 6.02. The number of carbonyl (C=O) groups is 1. The van der Waals surface area contributed by atoms with Crippen molar-refractivity contribution >= 4 is 34.2 Å². The second-order valence-electron chi connectivity index (χ2n) is 8.19. The molecule has 0 unspecified atom stereocenters. The Balaban J connectivity index is 1.82. The molecule has 9 heteroatoms. The Morgan fingerprint density at radius 2 is 1.84 bits per heavy atom. The number of hydrogen-bond donors (Lipinski definition) is 4. The van der Waals surface area contributed by atoms with E-state index in [2.05, 4.69) is 34.3 Å². The van der Waals surface area contributed by atoms with E-state index in [4.69, 9.17) is 0 Å². The lowest BCUT2D eigenvalue weighted by Crippen LogP contribution is -2.38. The van der Waals surface area contributed by atoms with E-state index in [9.17, 15) is 24.6 Å². The summed E-state index contributed by atoms with van der Waals surface area (Å²) in [4.78, 5) is 45.6. The molecular weight excluding hydrogens is 400 g/mol. The summed E-state index contributed by atoms with van der Waals surface area (Å²) in [6.45, 7) is 0. The van der Waals surface area contributed by atoms with Gasteiger partial charge in [0.15, 0.2) is 0 Å². The van der Waals surface area contributed by atoms with Gasteiger partial charge in [-0.05, 0) is 51.9 Å². The molecule has 0 amide bonds. The number of carboxylic acid groups (broad SMARTS) is 1. The molecular formula is C22H24N4O5. The SMILES string of the molecule is CN(C)C1CCC(N/C=c2/c(O)cc(=O)c3[nH]c4c(C(=O)O)ccc(=O)c4nc23)CC1. The highest BCUT2D eigenvalue weighted by atomic mass is 16.4. The van der Waals surface area contributed by atoms with Crippen molar-refractivity contribution in [3.63, 3.8) is 0 Å². The van der Waals surface area contributed by atoms with Gasteiger partial charge in [0.1, 0.15) is 22.3 Å². The zero-order valence-corrected chi connectivity index (χ0v) is 17.3. The Bertz CT molecular complexity index is 1340. The second-order valence-corrected chi connectivity index (χ2v) is 8.19. The normalized spacial score (nSPS) is 19.9. The predicted octanol–water partition coefficient (Wildman–Crippen LogP) is 0.760. The van der Waals surface area contributed by atoms with Crippen molar-refractivity contribution in [1.82, 2.24) is 20.2 Å². The number of aromatic carboxylic acids is 1. The summed E-state index contributed by atoms with van der Waals surface area (Å²) in [6, 6.07) is 4.14. The van der Waals surface area contributed by atoms with Gasteiger partial charge in [0.2, 0.25) is 10.9 Å². The minimum absolute atomic E-state index is 0.0174. The highest BCUT2D eigenvalue weighted by Gasteiger charge is 2.22. The van der Waals surface area contributed by atoms with Crippen LogP contribution in [0, 0.1) is 0 Å². The second kappa shape index (κ2) is 7.99. The molecule has 1 aliphatic carbocycles. The Labute approximate surface area is 177 Å². The summed E-state index contributed by atoms with van der Waals surface area (Å²) >= 11 is 0. The van der Waals surface area contributed by atoms with E-state index in [1.807, 2.05) is 0 Å². The highest BCUT2D eigenvalue weighted by Crippen LogP contribution is 2.21. The minimum Gasteiger partial charge on any atom is -0.507 e. The average molecular weight is 424 g/mol. The van der Waals surface area contributed by atoms with Gasteiger partial charge in [0.25, 0.3) is 0 Å². The summed E-state index contributed by atoms with van der Waals surface area (Å²) in [5.41, 5.74) is -1.14. The molecule has 1 saturated carbocycles. The van der Waals surface area contributed by atoms with Crippen LogP contribution in [0.25, 0.3) is 28.3 Å². The van der Waals surface area contributed by atoms with E-state index >= 15 is 0 Å². The van der Waals surface area contributed by atoms with Gasteiger partial charge in [-0.15, -0.1) is 0 Å². The molecule has 0 spiro atoms. The molecule has 162 valence electrons.